The van der Waals surface area contributed by atoms with Crippen LogP contribution in [0.2, 0.25) is 0 Å². The van der Waals surface area contributed by atoms with E-state index in [4.69, 9.17) is 5.26 Å². The third-order valence-electron chi connectivity index (χ3n) is 2.05. The molecule has 80 valence electrons. The Morgan fingerprint density at radius 2 is 2.27 bits per heavy atom. The van der Waals surface area contributed by atoms with Crippen molar-refractivity contribution >= 4 is 21.6 Å². The number of nitriles is 1. The summed E-state index contributed by atoms with van der Waals surface area (Å²) < 4.78 is 0.778. The van der Waals surface area contributed by atoms with Crippen molar-refractivity contribution in [3.8, 4) is 6.07 Å². The molecule has 0 radical (unpaired) electrons. The molecular weight excluding hydrogens is 256 g/mol. The van der Waals surface area contributed by atoms with Crippen LogP contribution >= 0.6 is 15.9 Å². The van der Waals surface area contributed by atoms with E-state index < -0.39 is 6.10 Å². The van der Waals surface area contributed by atoms with E-state index in [0.717, 1.165) is 10.2 Å². The van der Waals surface area contributed by atoms with Gasteiger partial charge in [0.1, 0.15) is 6.07 Å². The molecule has 0 spiro atoms. The third kappa shape index (κ3) is 2.95. The molecule has 0 saturated heterocycles. The second-order valence-electron chi connectivity index (χ2n) is 3.48. The van der Waals surface area contributed by atoms with Crippen LogP contribution in [0.4, 0.5) is 5.69 Å². The first-order chi connectivity index (χ1) is 7.06. The monoisotopic (exact) mass is 268 g/mol. The zero-order valence-corrected chi connectivity index (χ0v) is 10.3. The first-order valence-electron chi connectivity index (χ1n) is 4.64. The quantitative estimate of drug-likeness (QED) is 0.914. The average molecular weight is 269 g/mol. The summed E-state index contributed by atoms with van der Waals surface area (Å²) in [6.45, 7) is 2.23. The largest absolute Gasteiger partial charge is 0.392 e. The predicted molar refractivity (Wildman–Crippen MR) is 63.8 cm³/mol. The molecule has 0 amide bonds. The summed E-state index contributed by atoms with van der Waals surface area (Å²) in [4.78, 5) is 1.87. The number of hydrogen-bond donors (Lipinski definition) is 1. The van der Waals surface area contributed by atoms with Crippen LogP contribution < -0.4 is 4.90 Å². The number of likely N-dealkylation sites (N-methyl/N-ethyl adjacent to an activating group) is 1. The lowest BCUT2D eigenvalue weighted by Gasteiger charge is -2.22. The van der Waals surface area contributed by atoms with Gasteiger partial charge in [0.25, 0.3) is 0 Å². The SMILES string of the molecule is CC(O)CN(C)c1cccc(Br)c1C#N. The Morgan fingerprint density at radius 1 is 1.60 bits per heavy atom. The van der Waals surface area contributed by atoms with Crippen molar-refractivity contribution in [2.75, 3.05) is 18.5 Å². The Morgan fingerprint density at radius 3 is 2.80 bits per heavy atom. The first-order valence-corrected chi connectivity index (χ1v) is 5.43. The van der Waals surface area contributed by atoms with Crippen molar-refractivity contribution < 1.29 is 5.11 Å². The lowest BCUT2D eigenvalue weighted by atomic mass is 10.1. The number of hydrogen-bond acceptors (Lipinski definition) is 3. The number of halogens is 1. The Balaban J connectivity index is 3.04. The minimum Gasteiger partial charge on any atom is -0.392 e. The summed E-state index contributed by atoms with van der Waals surface area (Å²) in [5, 5.41) is 18.3. The van der Waals surface area contributed by atoms with E-state index in [1.165, 1.54) is 0 Å². The van der Waals surface area contributed by atoms with Gasteiger partial charge in [-0.25, -0.2) is 0 Å². The zero-order chi connectivity index (χ0) is 11.4. The molecule has 1 N–H and O–H groups in total. The van der Waals surface area contributed by atoms with Crippen LogP contribution in [0.3, 0.4) is 0 Å². The molecule has 0 aromatic heterocycles. The van der Waals surface area contributed by atoms with Crippen LogP contribution in [0, 0.1) is 11.3 Å². The highest BCUT2D eigenvalue weighted by molar-refractivity contribution is 9.10. The molecule has 0 aliphatic carbocycles. The summed E-state index contributed by atoms with van der Waals surface area (Å²) in [6.07, 6.45) is -0.416. The Hall–Kier alpha value is -1.05. The number of anilines is 1. The maximum atomic E-state index is 9.28. The van der Waals surface area contributed by atoms with E-state index in [-0.39, 0.29) is 0 Å². The summed E-state index contributed by atoms with van der Waals surface area (Å²) in [5.74, 6) is 0. The van der Waals surface area contributed by atoms with Crippen LogP contribution in [0.25, 0.3) is 0 Å². The number of rotatable bonds is 3. The highest BCUT2D eigenvalue weighted by Crippen LogP contribution is 2.26. The molecule has 1 unspecified atom stereocenters. The standard InChI is InChI=1S/C11H13BrN2O/c1-8(15)7-14(2)11-5-3-4-10(12)9(11)6-13/h3-5,8,15H,7H2,1-2H3. The van der Waals surface area contributed by atoms with Gasteiger partial charge in [-0.2, -0.15) is 5.26 Å². The highest BCUT2D eigenvalue weighted by atomic mass is 79.9. The van der Waals surface area contributed by atoms with Gasteiger partial charge < -0.3 is 10.0 Å². The summed E-state index contributed by atoms with van der Waals surface area (Å²) in [7, 11) is 1.86. The van der Waals surface area contributed by atoms with Gasteiger partial charge in [-0.3, -0.25) is 0 Å². The van der Waals surface area contributed by atoms with Gasteiger partial charge in [0.15, 0.2) is 0 Å². The highest BCUT2D eigenvalue weighted by Gasteiger charge is 2.11. The summed E-state index contributed by atoms with van der Waals surface area (Å²) in [6, 6.07) is 7.72. The molecule has 0 saturated carbocycles. The maximum absolute atomic E-state index is 9.28. The molecular formula is C11H13BrN2O. The van der Waals surface area contributed by atoms with E-state index >= 15 is 0 Å². The van der Waals surface area contributed by atoms with Crippen molar-refractivity contribution in [3.05, 3.63) is 28.2 Å². The van der Waals surface area contributed by atoms with E-state index in [9.17, 15) is 5.11 Å². The summed E-state index contributed by atoms with van der Waals surface area (Å²) in [5.41, 5.74) is 1.42. The Labute approximate surface area is 98.1 Å². The van der Waals surface area contributed by atoms with Crippen molar-refractivity contribution in [1.82, 2.24) is 0 Å². The van der Waals surface area contributed by atoms with Crippen molar-refractivity contribution in [1.29, 1.82) is 5.26 Å². The minimum atomic E-state index is -0.416. The summed E-state index contributed by atoms with van der Waals surface area (Å²) >= 11 is 3.33. The molecule has 0 bridgehead atoms. The van der Waals surface area contributed by atoms with Gasteiger partial charge >= 0.3 is 0 Å². The second kappa shape index (κ2) is 5.15. The lowest BCUT2D eigenvalue weighted by molar-refractivity contribution is 0.201. The van der Waals surface area contributed by atoms with Gasteiger partial charge in [-0.1, -0.05) is 6.07 Å². The van der Waals surface area contributed by atoms with Gasteiger partial charge in [0.2, 0.25) is 0 Å². The van der Waals surface area contributed by atoms with E-state index in [1.54, 1.807) is 6.92 Å². The van der Waals surface area contributed by atoms with Crippen LogP contribution in [0.15, 0.2) is 22.7 Å². The zero-order valence-electron chi connectivity index (χ0n) is 8.74. The smallest absolute Gasteiger partial charge is 0.103 e. The molecule has 15 heavy (non-hydrogen) atoms. The number of benzene rings is 1. The Bertz CT molecular complexity index is 385. The molecule has 1 atom stereocenters. The van der Waals surface area contributed by atoms with Crippen molar-refractivity contribution in [2.24, 2.45) is 0 Å². The van der Waals surface area contributed by atoms with Crippen molar-refractivity contribution in [2.45, 2.75) is 13.0 Å². The third-order valence-corrected chi connectivity index (χ3v) is 2.71. The lowest BCUT2D eigenvalue weighted by Crippen LogP contribution is -2.27. The topological polar surface area (TPSA) is 47.3 Å². The molecule has 0 heterocycles. The van der Waals surface area contributed by atoms with Crippen LogP contribution in [-0.2, 0) is 0 Å². The fraction of sp³-hybridized carbons (Fsp3) is 0.364. The molecule has 1 aromatic carbocycles. The minimum absolute atomic E-state index is 0.416. The van der Waals surface area contributed by atoms with Crippen molar-refractivity contribution in [3.63, 3.8) is 0 Å². The molecule has 0 aliphatic rings. The number of aliphatic hydroxyl groups excluding tert-OH is 1. The number of aliphatic hydroxyl groups is 1. The van der Waals surface area contributed by atoms with Crippen LogP contribution in [-0.4, -0.2) is 24.8 Å². The average Bonchev–Trinajstić information content (AvgIpc) is 2.16. The fourth-order valence-electron chi connectivity index (χ4n) is 1.44. The van der Waals surface area contributed by atoms with Gasteiger partial charge in [0.05, 0.1) is 17.4 Å². The molecule has 1 aromatic rings. The fourth-order valence-corrected chi connectivity index (χ4v) is 1.88. The second-order valence-corrected chi connectivity index (χ2v) is 4.33. The van der Waals surface area contributed by atoms with Gasteiger partial charge in [-0.05, 0) is 35.0 Å². The Kier molecular flexibility index (Phi) is 4.13. The first kappa shape index (κ1) is 12.0. The van der Waals surface area contributed by atoms with Gasteiger partial charge in [0, 0.05) is 18.1 Å². The predicted octanol–water partition coefficient (Wildman–Crippen LogP) is 2.14. The van der Waals surface area contributed by atoms with Crippen LogP contribution in [0.5, 0.6) is 0 Å². The molecule has 3 nitrogen and oxygen atoms in total. The van der Waals surface area contributed by atoms with Gasteiger partial charge in [-0.15, -0.1) is 0 Å². The molecule has 1 rings (SSSR count). The van der Waals surface area contributed by atoms with E-state index in [0.29, 0.717) is 12.1 Å². The normalized spacial score (nSPS) is 11.9. The van der Waals surface area contributed by atoms with E-state index in [1.807, 2.05) is 30.1 Å². The number of nitrogens with zero attached hydrogens (tertiary/aromatic N) is 2. The molecule has 0 fully saturated rings. The molecule has 4 heteroatoms. The molecule has 0 aliphatic heterocycles. The maximum Gasteiger partial charge on any atom is 0.103 e. The van der Waals surface area contributed by atoms with Crippen LogP contribution in [0.1, 0.15) is 12.5 Å². The van der Waals surface area contributed by atoms with E-state index in [2.05, 4.69) is 22.0 Å².